The number of rotatable bonds is 5. The molecule has 0 fully saturated rings. The predicted octanol–water partition coefficient (Wildman–Crippen LogP) is 2.51. The lowest BCUT2D eigenvalue weighted by molar-refractivity contribution is 0.0372. The summed E-state index contributed by atoms with van der Waals surface area (Å²) in [7, 11) is 0. The highest BCUT2D eigenvalue weighted by molar-refractivity contribution is 5.96. The van der Waals surface area contributed by atoms with Crippen LogP contribution in [0.2, 0.25) is 0 Å². The molecule has 1 aromatic carbocycles. The van der Waals surface area contributed by atoms with Crippen molar-refractivity contribution in [3.63, 3.8) is 0 Å². The standard InChI is InChI=1S/C16H18N2O4/c1-11(19)12-5-3-6-13(9-12)18-15(20)17-10-16(2,21)14-7-4-8-22-14/h3-9,21H,10H2,1-2H3,(H2,17,18,20). The second-order valence-electron chi connectivity index (χ2n) is 5.20. The van der Waals surface area contributed by atoms with Crippen molar-refractivity contribution in [3.05, 3.63) is 54.0 Å². The number of aliphatic hydroxyl groups is 1. The van der Waals surface area contributed by atoms with Crippen molar-refractivity contribution >= 4 is 17.5 Å². The Balaban J connectivity index is 1.93. The number of carbonyl (C=O) groups excluding carboxylic acids is 2. The number of hydrogen-bond donors (Lipinski definition) is 3. The summed E-state index contributed by atoms with van der Waals surface area (Å²) in [5.74, 6) is 0.288. The van der Waals surface area contributed by atoms with Crippen molar-refractivity contribution in [1.29, 1.82) is 0 Å². The lowest BCUT2D eigenvalue weighted by Crippen LogP contribution is -2.40. The summed E-state index contributed by atoms with van der Waals surface area (Å²) in [6, 6.07) is 9.45. The molecule has 1 unspecified atom stereocenters. The fraction of sp³-hybridized carbons (Fsp3) is 0.250. The number of ketones is 1. The van der Waals surface area contributed by atoms with Crippen LogP contribution in [0.5, 0.6) is 0 Å². The van der Waals surface area contributed by atoms with E-state index < -0.39 is 11.6 Å². The van der Waals surface area contributed by atoms with Crippen LogP contribution in [-0.4, -0.2) is 23.5 Å². The van der Waals surface area contributed by atoms with Gasteiger partial charge >= 0.3 is 6.03 Å². The summed E-state index contributed by atoms with van der Waals surface area (Å²) < 4.78 is 5.13. The number of anilines is 1. The number of hydrogen-bond acceptors (Lipinski definition) is 4. The van der Waals surface area contributed by atoms with Gasteiger partial charge in [-0.3, -0.25) is 4.79 Å². The van der Waals surface area contributed by atoms with Crippen LogP contribution in [0.3, 0.4) is 0 Å². The molecule has 0 aliphatic rings. The highest BCUT2D eigenvalue weighted by atomic mass is 16.4. The summed E-state index contributed by atoms with van der Waals surface area (Å²) in [6.07, 6.45) is 1.46. The van der Waals surface area contributed by atoms with E-state index in [0.29, 0.717) is 17.0 Å². The summed E-state index contributed by atoms with van der Waals surface area (Å²) in [5, 5.41) is 15.4. The molecule has 1 atom stereocenters. The molecule has 0 spiro atoms. The van der Waals surface area contributed by atoms with Crippen molar-refractivity contribution < 1.29 is 19.1 Å². The van der Waals surface area contributed by atoms with Crippen LogP contribution in [0.4, 0.5) is 10.5 Å². The molecule has 2 aromatic rings. The van der Waals surface area contributed by atoms with Crippen molar-refractivity contribution in [3.8, 4) is 0 Å². The van der Waals surface area contributed by atoms with Gasteiger partial charge in [-0.1, -0.05) is 12.1 Å². The van der Waals surface area contributed by atoms with Crippen LogP contribution in [0, 0.1) is 0 Å². The fourth-order valence-electron chi connectivity index (χ4n) is 1.92. The average molecular weight is 302 g/mol. The second kappa shape index (κ2) is 6.44. The molecule has 3 N–H and O–H groups in total. The first-order valence-corrected chi connectivity index (χ1v) is 6.81. The maximum atomic E-state index is 11.9. The molecule has 6 heteroatoms. The Morgan fingerprint density at radius 3 is 2.68 bits per heavy atom. The van der Waals surface area contributed by atoms with Gasteiger partial charge in [0.1, 0.15) is 11.4 Å². The van der Waals surface area contributed by atoms with E-state index in [1.54, 1.807) is 43.3 Å². The van der Waals surface area contributed by atoms with Gasteiger partial charge in [0.25, 0.3) is 0 Å². The summed E-state index contributed by atoms with van der Waals surface area (Å²) in [5.41, 5.74) is -0.287. The molecule has 0 saturated carbocycles. The number of amides is 2. The summed E-state index contributed by atoms with van der Waals surface area (Å²) in [4.78, 5) is 23.2. The third kappa shape index (κ3) is 3.95. The van der Waals surface area contributed by atoms with Crippen molar-refractivity contribution in [1.82, 2.24) is 5.32 Å². The quantitative estimate of drug-likeness (QED) is 0.740. The van der Waals surface area contributed by atoms with Gasteiger partial charge in [0, 0.05) is 11.3 Å². The molecule has 0 bridgehead atoms. The average Bonchev–Trinajstić information content (AvgIpc) is 3.00. The maximum Gasteiger partial charge on any atom is 0.319 e. The highest BCUT2D eigenvalue weighted by Crippen LogP contribution is 2.19. The monoisotopic (exact) mass is 302 g/mol. The van der Waals surface area contributed by atoms with E-state index in [1.807, 2.05) is 0 Å². The first-order chi connectivity index (χ1) is 10.4. The maximum absolute atomic E-state index is 11.9. The number of furan rings is 1. The molecule has 0 aliphatic carbocycles. The molecule has 0 radical (unpaired) electrons. The van der Waals surface area contributed by atoms with Gasteiger partial charge in [0.05, 0.1) is 12.8 Å². The molecule has 0 saturated heterocycles. The first kappa shape index (κ1) is 15.8. The predicted molar refractivity (Wildman–Crippen MR) is 81.7 cm³/mol. The Hall–Kier alpha value is -2.60. The van der Waals surface area contributed by atoms with E-state index in [2.05, 4.69) is 10.6 Å². The molecule has 116 valence electrons. The fourth-order valence-corrected chi connectivity index (χ4v) is 1.92. The van der Waals surface area contributed by atoms with Crippen molar-refractivity contribution in [2.75, 3.05) is 11.9 Å². The largest absolute Gasteiger partial charge is 0.466 e. The van der Waals surface area contributed by atoms with Gasteiger partial charge in [-0.25, -0.2) is 4.79 Å². The summed E-state index contributed by atoms with van der Waals surface area (Å²) in [6.45, 7) is 2.99. The van der Waals surface area contributed by atoms with Gasteiger partial charge in [-0.2, -0.15) is 0 Å². The van der Waals surface area contributed by atoms with Gasteiger partial charge in [-0.15, -0.1) is 0 Å². The third-order valence-electron chi connectivity index (χ3n) is 3.17. The zero-order valence-corrected chi connectivity index (χ0v) is 12.4. The zero-order chi connectivity index (χ0) is 16.2. The Bertz CT molecular complexity index is 663. The molecule has 2 rings (SSSR count). The van der Waals surface area contributed by atoms with Crippen LogP contribution >= 0.6 is 0 Å². The molecular weight excluding hydrogens is 284 g/mol. The lowest BCUT2D eigenvalue weighted by Gasteiger charge is -2.21. The Morgan fingerprint density at radius 2 is 2.05 bits per heavy atom. The SMILES string of the molecule is CC(=O)c1cccc(NC(=O)NCC(C)(O)c2ccco2)c1. The number of benzene rings is 1. The first-order valence-electron chi connectivity index (χ1n) is 6.81. The zero-order valence-electron chi connectivity index (χ0n) is 12.4. The molecule has 6 nitrogen and oxygen atoms in total. The minimum Gasteiger partial charge on any atom is -0.466 e. The van der Waals surface area contributed by atoms with E-state index in [4.69, 9.17) is 4.42 Å². The summed E-state index contributed by atoms with van der Waals surface area (Å²) >= 11 is 0. The van der Waals surface area contributed by atoms with Gasteiger partial charge in [0.15, 0.2) is 5.78 Å². The molecule has 1 heterocycles. The molecular formula is C16H18N2O4. The van der Waals surface area contributed by atoms with Gasteiger partial charge < -0.3 is 20.2 Å². The van der Waals surface area contributed by atoms with E-state index >= 15 is 0 Å². The number of carbonyl (C=O) groups is 2. The Labute approximate surface area is 128 Å². The number of Topliss-reactive ketones (excluding diaryl/α,β-unsaturated/α-hetero) is 1. The smallest absolute Gasteiger partial charge is 0.319 e. The van der Waals surface area contributed by atoms with Crippen molar-refractivity contribution in [2.24, 2.45) is 0 Å². The van der Waals surface area contributed by atoms with Crippen LogP contribution < -0.4 is 10.6 Å². The van der Waals surface area contributed by atoms with E-state index in [-0.39, 0.29) is 12.3 Å². The Morgan fingerprint density at radius 1 is 1.27 bits per heavy atom. The topological polar surface area (TPSA) is 91.6 Å². The minimum absolute atomic E-state index is 0.0151. The number of urea groups is 1. The van der Waals surface area contributed by atoms with E-state index in [0.717, 1.165) is 0 Å². The Kier molecular flexibility index (Phi) is 4.62. The van der Waals surface area contributed by atoms with E-state index in [1.165, 1.54) is 13.2 Å². The van der Waals surface area contributed by atoms with Crippen LogP contribution in [-0.2, 0) is 5.60 Å². The third-order valence-corrected chi connectivity index (χ3v) is 3.17. The lowest BCUT2D eigenvalue weighted by atomic mass is 10.0. The molecule has 1 aromatic heterocycles. The molecule has 22 heavy (non-hydrogen) atoms. The van der Waals surface area contributed by atoms with Gasteiger partial charge in [-0.05, 0) is 38.1 Å². The van der Waals surface area contributed by atoms with Crippen LogP contribution in [0.25, 0.3) is 0 Å². The van der Waals surface area contributed by atoms with Crippen LogP contribution in [0.1, 0.15) is 30.0 Å². The highest BCUT2D eigenvalue weighted by Gasteiger charge is 2.26. The molecule has 2 amide bonds. The van der Waals surface area contributed by atoms with Crippen molar-refractivity contribution in [2.45, 2.75) is 19.4 Å². The van der Waals surface area contributed by atoms with Gasteiger partial charge in [0.2, 0.25) is 0 Å². The number of nitrogens with one attached hydrogen (secondary N) is 2. The molecule has 0 aliphatic heterocycles. The normalized spacial score (nSPS) is 13.2. The van der Waals surface area contributed by atoms with E-state index in [9.17, 15) is 14.7 Å². The van der Waals surface area contributed by atoms with Crippen LogP contribution in [0.15, 0.2) is 47.1 Å². The second-order valence-corrected chi connectivity index (χ2v) is 5.20. The minimum atomic E-state index is -1.30.